The van der Waals surface area contributed by atoms with Gasteiger partial charge in [0.05, 0.1) is 10.6 Å². The van der Waals surface area contributed by atoms with E-state index < -0.39 is 15.4 Å². The molecule has 1 unspecified atom stereocenters. The number of hydrogen-bond donors (Lipinski definition) is 2. The molecular weight excluding hydrogens is 396 g/mol. The minimum absolute atomic E-state index is 0.00555. The highest BCUT2D eigenvalue weighted by molar-refractivity contribution is 8.24. The molecule has 12 heteroatoms. The third-order valence-electron chi connectivity index (χ3n) is 3.11. The molecule has 134 valence electrons. The Labute approximate surface area is 158 Å². The Bertz CT molecular complexity index is 991. The maximum atomic E-state index is 12.4. The minimum atomic E-state index is -3.83. The second kappa shape index (κ2) is 7.43. The van der Waals surface area contributed by atoms with Crippen molar-refractivity contribution in [3.05, 3.63) is 42.2 Å². The number of thiocarbonyl (C=S) groups is 1. The molecule has 1 aromatic heterocycles. The summed E-state index contributed by atoms with van der Waals surface area (Å²) in [6.45, 7) is 1.73. The zero-order chi connectivity index (χ0) is 18.7. The van der Waals surface area contributed by atoms with Gasteiger partial charge in [-0.1, -0.05) is 24.0 Å². The molecule has 2 N–H and O–H groups in total. The van der Waals surface area contributed by atoms with Crippen molar-refractivity contribution < 1.29 is 13.2 Å². The molecule has 1 atom stereocenters. The van der Waals surface area contributed by atoms with Crippen LogP contribution in [0.3, 0.4) is 0 Å². The van der Waals surface area contributed by atoms with Crippen LogP contribution in [-0.2, 0) is 14.8 Å². The summed E-state index contributed by atoms with van der Waals surface area (Å²) in [5.41, 5.74) is 1.05. The first kappa shape index (κ1) is 18.4. The topological polar surface area (TPSA) is 126 Å². The molecule has 1 amide bonds. The van der Waals surface area contributed by atoms with Crippen LogP contribution in [-0.4, -0.2) is 34.0 Å². The van der Waals surface area contributed by atoms with Crippen LogP contribution in [0.25, 0.3) is 0 Å². The lowest BCUT2D eigenvalue weighted by molar-refractivity contribution is -0.118. The van der Waals surface area contributed by atoms with Gasteiger partial charge in [0.15, 0.2) is 0 Å². The van der Waals surface area contributed by atoms with Crippen LogP contribution < -0.4 is 10.0 Å². The highest BCUT2D eigenvalue weighted by Gasteiger charge is 2.28. The number of nitrogens with one attached hydrogen (secondary N) is 2. The van der Waals surface area contributed by atoms with Crippen molar-refractivity contribution in [2.45, 2.75) is 17.2 Å². The lowest BCUT2D eigenvalue weighted by Gasteiger charge is -2.07. The summed E-state index contributed by atoms with van der Waals surface area (Å²) in [5.74, 6) is -0.334. The minimum Gasteiger partial charge on any atom is -0.309 e. The molecule has 0 bridgehead atoms. The first-order valence-electron chi connectivity index (χ1n) is 7.18. The number of benzene rings is 1. The van der Waals surface area contributed by atoms with Gasteiger partial charge in [-0.05, 0) is 37.3 Å². The summed E-state index contributed by atoms with van der Waals surface area (Å²) < 4.78 is 27.4. The molecule has 0 radical (unpaired) electrons. The highest BCUT2D eigenvalue weighted by Crippen LogP contribution is 2.24. The lowest BCUT2D eigenvalue weighted by Crippen LogP contribution is -2.22. The number of thioether (sulfide) groups is 1. The van der Waals surface area contributed by atoms with Crippen molar-refractivity contribution in [1.82, 2.24) is 15.3 Å². The van der Waals surface area contributed by atoms with Gasteiger partial charge in [-0.3, -0.25) is 4.79 Å². The van der Waals surface area contributed by atoms with Gasteiger partial charge in [0.2, 0.25) is 11.3 Å². The summed E-state index contributed by atoms with van der Waals surface area (Å²) in [5, 5.41) is 9.56. The number of aryl methyl sites for hydroxylation is 1. The van der Waals surface area contributed by atoms with Crippen molar-refractivity contribution in [2.75, 3.05) is 4.72 Å². The van der Waals surface area contributed by atoms with Gasteiger partial charge in [0.25, 0.3) is 15.9 Å². The van der Waals surface area contributed by atoms with Gasteiger partial charge in [-0.25, -0.2) is 23.1 Å². The molecule has 1 aliphatic heterocycles. The molecule has 3 rings (SSSR count). The second-order valence-corrected chi connectivity index (χ2v) is 8.52. The van der Waals surface area contributed by atoms with E-state index in [-0.39, 0.29) is 16.8 Å². The van der Waals surface area contributed by atoms with E-state index in [4.69, 9.17) is 12.2 Å². The van der Waals surface area contributed by atoms with Gasteiger partial charge >= 0.3 is 0 Å². The molecule has 0 aliphatic carbocycles. The number of anilines is 1. The number of azo groups is 1. The van der Waals surface area contributed by atoms with E-state index in [0.29, 0.717) is 15.7 Å². The number of rotatable bonds is 5. The number of hydrogen-bond acceptors (Lipinski definition) is 9. The summed E-state index contributed by atoms with van der Waals surface area (Å²) in [6, 6.07) is 7.36. The maximum absolute atomic E-state index is 12.4. The Morgan fingerprint density at radius 2 is 2.00 bits per heavy atom. The van der Waals surface area contributed by atoms with Crippen LogP contribution in [0, 0.1) is 6.92 Å². The fraction of sp³-hybridized carbons (Fsp3) is 0.143. The molecular formula is C14H12N6O3S3. The Morgan fingerprint density at radius 3 is 2.62 bits per heavy atom. The van der Waals surface area contributed by atoms with Gasteiger partial charge in [0.1, 0.15) is 4.32 Å². The molecule has 1 aromatic carbocycles. The predicted molar refractivity (Wildman–Crippen MR) is 101 cm³/mol. The number of sulfonamides is 1. The van der Waals surface area contributed by atoms with Crippen LogP contribution in [0.5, 0.6) is 0 Å². The van der Waals surface area contributed by atoms with E-state index in [0.717, 1.165) is 11.8 Å². The van der Waals surface area contributed by atoms with Crippen molar-refractivity contribution in [1.29, 1.82) is 0 Å². The van der Waals surface area contributed by atoms with E-state index in [1.54, 1.807) is 13.0 Å². The molecule has 0 saturated carbocycles. The number of amides is 1. The lowest BCUT2D eigenvalue weighted by atomic mass is 10.3. The third kappa shape index (κ3) is 4.39. The SMILES string of the molecule is Cc1ccnc(NS(=O)(=O)c2ccc(N=NC3SC(=S)NC3=O)cc2)n1. The summed E-state index contributed by atoms with van der Waals surface area (Å²) in [7, 11) is -3.83. The van der Waals surface area contributed by atoms with Crippen LogP contribution in [0.1, 0.15) is 5.69 Å². The van der Waals surface area contributed by atoms with Gasteiger partial charge in [0, 0.05) is 11.9 Å². The number of carbonyl (C=O) groups is 1. The van der Waals surface area contributed by atoms with E-state index >= 15 is 0 Å². The van der Waals surface area contributed by atoms with Crippen molar-refractivity contribution >= 4 is 55.9 Å². The normalized spacial score (nSPS) is 17.5. The van der Waals surface area contributed by atoms with Crippen LogP contribution >= 0.6 is 24.0 Å². The fourth-order valence-electron chi connectivity index (χ4n) is 1.91. The van der Waals surface area contributed by atoms with E-state index in [1.165, 1.54) is 30.5 Å². The zero-order valence-corrected chi connectivity index (χ0v) is 15.7. The van der Waals surface area contributed by atoms with Crippen molar-refractivity contribution in [2.24, 2.45) is 10.2 Å². The molecule has 2 aromatic rings. The van der Waals surface area contributed by atoms with Crippen molar-refractivity contribution in [3.63, 3.8) is 0 Å². The largest absolute Gasteiger partial charge is 0.309 e. The number of carbonyl (C=O) groups excluding carboxylic acids is 1. The first-order chi connectivity index (χ1) is 12.3. The Hall–Kier alpha value is -2.44. The highest BCUT2D eigenvalue weighted by atomic mass is 32.2. The van der Waals surface area contributed by atoms with Crippen LogP contribution in [0.2, 0.25) is 0 Å². The molecule has 1 saturated heterocycles. The third-order valence-corrected chi connectivity index (χ3v) is 5.70. The number of nitrogens with zero attached hydrogens (tertiary/aromatic N) is 4. The molecule has 26 heavy (non-hydrogen) atoms. The maximum Gasteiger partial charge on any atom is 0.264 e. The molecule has 1 fully saturated rings. The van der Waals surface area contributed by atoms with E-state index in [2.05, 4.69) is 30.2 Å². The average molecular weight is 408 g/mol. The van der Waals surface area contributed by atoms with Crippen LogP contribution in [0.15, 0.2) is 51.7 Å². The summed E-state index contributed by atoms with van der Waals surface area (Å²) >= 11 is 5.96. The molecule has 9 nitrogen and oxygen atoms in total. The Kier molecular flexibility index (Phi) is 5.25. The van der Waals surface area contributed by atoms with Crippen molar-refractivity contribution in [3.8, 4) is 0 Å². The Balaban J connectivity index is 1.72. The first-order valence-corrected chi connectivity index (χ1v) is 9.95. The molecule has 2 heterocycles. The fourth-order valence-corrected chi connectivity index (χ4v) is 3.86. The van der Waals surface area contributed by atoms with Gasteiger partial charge in [-0.15, -0.1) is 0 Å². The quantitative estimate of drug-likeness (QED) is 0.573. The number of aromatic nitrogens is 2. The smallest absolute Gasteiger partial charge is 0.264 e. The molecule has 1 aliphatic rings. The van der Waals surface area contributed by atoms with Gasteiger partial charge in [-0.2, -0.15) is 10.2 Å². The van der Waals surface area contributed by atoms with E-state index in [1.807, 2.05) is 0 Å². The second-order valence-electron chi connectivity index (χ2n) is 5.08. The Morgan fingerprint density at radius 1 is 1.27 bits per heavy atom. The van der Waals surface area contributed by atoms with Gasteiger partial charge < -0.3 is 5.32 Å². The van der Waals surface area contributed by atoms with E-state index in [9.17, 15) is 13.2 Å². The van der Waals surface area contributed by atoms with Crippen LogP contribution in [0.4, 0.5) is 11.6 Å². The molecule has 0 spiro atoms. The zero-order valence-electron chi connectivity index (χ0n) is 13.3. The monoisotopic (exact) mass is 408 g/mol. The summed E-state index contributed by atoms with van der Waals surface area (Å²) in [4.78, 5) is 19.4. The summed E-state index contributed by atoms with van der Waals surface area (Å²) in [6.07, 6.45) is 1.46. The average Bonchev–Trinajstić information content (AvgIpc) is 2.90. The predicted octanol–water partition coefficient (Wildman–Crippen LogP) is 2.14. The standard InChI is InChI=1S/C14H12N6O3S3/c1-8-6-7-15-13(16-8)20-26(22,23)10-4-2-9(3-5-10)18-19-12-11(21)17-14(24)25-12/h2-7,12H,1H3,(H,15,16,20)(H,17,21,24).